The van der Waals surface area contributed by atoms with Gasteiger partial charge in [-0.2, -0.15) is 13.2 Å². The molecule has 2 fully saturated rings. The standard InChI is InChI=1S/C16H23N3O3.C2HF3O2/c1-18(2)16(20)19-10-14(15-13(19)6-4-8-21-15)22-11-12-5-3-7-17-9-12;3-2(4,5)1(6)7/h3,5,7,9,13-15H,4,6,8,10-11H2,1-2H3;(H,6,7)/t13-,14+,15-;/m0./s1. The number of rotatable bonds is 3. The monoisotopic (exact) mass is 419 g/mol. The maximum Gasteiger partial charge on any atom is 0.490 e. The van der Waals surface area contributed by atoms with Crippen molar-refractivity contribution in [3.63, 3.8) is 0 Å². The van der Waals surface area contributed by atoms with E-state index in [9.17, 15) is 18.0 Å². The number of aromatic nitrogens is 1. The molecule has 0 aromatic carbocycles. The van der Waals surface area contributed by atoms with Crippen LogP contribution >= 0.6 is 0 Å². The van der Waals surface area contributed by atoms with Gasteiger partial charge >= 0.3 is 18.2 Å². The lowest BCUT2D eigenvalue weighted by atomic mass is 10.0. The lowest BCUT2D eigenvalue weighted by Gasteiger charge is -2.33. The zero-order valence-corrected chi connectivity index (χ0v) is 16.1. The van der Waals surface area contributed by atoms with Crippen molar-refractivity contribution in [2.75, 3.05) is 27.2 Å². The van der Waals surface area contributed by atoms with E-state index in [4.69, 9.17) is 19.4 Å². The summed E-state index contributed by atoms with van der Waals surface area (Å²) in [6.45, 7) is 1.83. The summed E-state index contributed by atoms with van der Waals surface area (Å²) in [4.78, 5) is 28.9. The molecule has 0 saturated carbocycles. The van der Waals surface area contributed by atoms with Crippen molar-refractivity contribution in [2.24, 2.45) is 0 Å². The summed E-state index contributed by atoms with van der Waals surface area (Å²) < 4.78 is 43.7. The molecule has 1 aromatic heterocycles. The van der Waals surface area contributed by atoms with Crippen LogP contribution in [0.4, 0.5) is 18.0 Å². The fourth-order valence-corrected chi connectivity index (χ4v) is 3.22. The molecule has 8 nitrogen and oxygen atoms in total. The molecule has 0 bridgehead atoms. The number of carbonyl (C=O) groups is 2. The number of ether oxygens (including phenoxy) is 2. The van der Waals surface area contributed by atoms with Gasteiger partial charge in [0.25, 0.3) is 0 Å². The van der Waals surface area contributed by atoms with Crippen LogP contribution in [0.3, 0.4) is 0 Å². The number of likely N-dealkylation sites (tertiary alicyclic amines) is 1. The van der Waals surface area contributed by atoms with Gasteiger partial charge in [0.05, 0.1) is 19.2 Å². The molecule has 2 aliphatic rings. The molecule has 29 heavy (non-hydrogen) atoms. The quantitative estimate of drug-likeness (QED) is 0.807. The SMILES string of the molecule is CN(C)C(=O)N1C[C@@H](OCc2cccnc2)[C@H]2OCCC[C@@H]21.O=C(O)C(F)(F)F. The summed E-state index contributed by atoms with van der Waals surface area (Å²) in [7, 11) is 3.57. The van der Waals surface area contributed by atoms with E-state index in [0.29, 0.717) is 13.2 Å². The van der Waals surface area contributed by atoms with Gasteiger partial charge in [0.15, 0.2) is 0 Å². The van der Waals surface area contributed by atoms with Crippen molar-refractivity contribution in [2.45, 2.75) is 43.9 Å². The fraction of sp³-hybridized carbons (Fsp3) is 0.611. The number of carbonyl (C=O) groups excluding carboxylic acids is 1. The molecule has 0 radical (unpaired) electrons. The highest BCUT2D eigenvalue weighted by atomic mass is 19.4. The Morgan fingerprint density at radius 2 is 2.10 bits per heavy atom. The number of halogens is 3. The molecule has 0 aliphatic carbocycles. The molecular formula is C18H24F3N3O5. The number of hydrogen-bond acceptors (Lipinski definition) is 5. The Bertz CT molecular complexity index is 687. The summed E-state index contributed by atoms with van der Waals surface area (Å²) in [6.07, 6.45) is 0.349. The van der Waals surface area contributed by atoms with E-state index in [0.717, 1.165) is 25.0 Å². The van der Waals surface area contributed by atoms with Crippen LogP contribution in [0.2, 0.25) is 0 Å². The lowest BCUT2D eigenvalue weighted by molar-refractivity contribution is -0.192. The van der Waals surface area contributed by atoms with E-state index in [1.165, 1.54) is 0 Å². The van der Waals surface area contributed by atoms with Crippen LogP contribution in [0.5, 0.6) is 0 Å². The van der Waals surface area contributed by atoms with Gasteiger partial charge in [-0.3, -0.25) is 4.98 Å². The van der Waals surface area contributed by atoms with Crippen LogP contribution in [0.1, 0.15) is 18.4 Å². The van der Waals surface area contributed by atoms with Crippen molar-refractivity contribution in [1.82, 2.24) is 14.8 Å². The summed E-state index contributed by atoms with van der Waals surface area (Å²) in [6, 6.07) is 4.05. The van der Waals surface area contributed by atoms with Crippen molar-refractivity contribution in [3.05, 3.63) is 30.1 Å². The molecule has 11 heteroatoms. The van der Waals surface area contributed by atoms with Crippen LogP contribution in [0, 0.1) is 0 Å². The lowest BCUT2D eigenvalue weighted by Crippen LogP contribution is -2.47. The second-order valence-electron chi connectivity index (χ2n) is 6.89. The minimum absolute atomic E-state index is 0.0191. The highest BCUT2D eigenvalue weighted by Gasteiger charge is 2.47. The van der Waals surface area contributed by atoms with Crippen molar-refractivity contribution in [3.8, 4) is 0 Å². The maximum absolute atomic E-state index is 12.4. The topological polar surface area (TPSA) is 92.2 Å². The van der Waals surface area contributed by atoms with Crippen molar-refractivity contribution < 1.29 is 37.3 Å². The van der Waals surface area contributed by atoms with Crippen molar-refractivity contribution in [1.29, 1.82) is 0 Å². The molecule has 0 unspecified atom stereocenters. The molecular weight excluding hydrogens is 395 g/mol. The Morgan fingerprint density at radius 1 is 1.41 bits per heavy atom. The van der Waals surface area contributed by atoms with Gasteiger partial charge in [-0.1, -0.05) is 6.07 Å². The van der Waals surface area contributed by atoms with Crippen LogP contribution in [-0.4, -0.2) is 83.6 Å². The average molecular weight is 419 g/mol. The third-order valence-corrected chi connectivity index (χ3v) is 4.53. The number of alkyl halides is 3. The maximum atomic E-state index is 12.4. The normalized spacial score (nSPS) is 23.6. The van der Waals surface area contributed by atoms with Crippen LogP contribution in [0.25, 0.3) is 0 Å². The number of aliphatic carboxylic acids is 1. The third-order valence-electron chi connectivity index (χ3n) is 4.53. The number of hydrogen-bond donors (Lipinski definition) is 1. The predicted octanol–water partition coefficient (Wildman–Crippen LogP) is 2.14. The largest absolute Gasteiger partial charge is 0.490 e. The summed E-state index contributed by atoms with van der Waals surface area (Å²) in [5.74, 6) is -2.76. The van der Waals surface area contributed by atoms with E-state index in [1.807, 2.05) is 17.0 Å². The van der Waals surface area contributed by atoms with Gasteiger partial charge in [-0.25, -0.2) is 9.59 Å². The number of carboxylic acid groups (broad SMARTS) is 1. The highest BCUT2D eigenvalue weighted by Crippen LogP contribution is 2.31. The Morgan fingerprint density at radius 3 is 2.66 bits per heavy atom. The molecule has 1 aromatic rings. The van der Waals surface area contributed by atoms with Gasteiger partial charge in [-0.05, 0) is 24.5 Å². The number of urea groups is 1. The van der Waals surface area contributed by atoms with E-state index in [2.05, 4.69) is 4.98 Å². The average Bonchev–Trinajstić information content (AvgIpc) is 3.05. The molecule has 2 amide bonds. The van der Waals surface area contributed by atoms with Gasteiger partial charge in [0.1, 0.15) is 12.2 Å². The van der Waals surface area contributed by atoms with Crippen LogP contribution in [0.15, 0.2) is 24.5 Å². The first-order chi connectivity index (χ1) is 13.6. The van der Waals surface area contributed by atoms with E-state index >= 15 is 0 Å². The van der Waals surface area contributed by atoms with E-state index < -0.39 is 12.1 Å². The molecule has 1 N–H and O–H groups in total. The Hall–Kier alpha value is -2.40. The second-order valence-corrected chi connectivity index (χ2v) is 6.89. The molecule has 2 saturated heterocycles. The first-order valence-corrected chi connectivity index (χ1v) is 9.01. The Labute approximate surface area is 166 Å². The van der Waals surface area contributed by atoms with E-state index in [-0.39, 0.29) is 24.3 Å². The number of nitrogens with zero attached hydrogens (tertiary/aromatic N) is 3. The van der Waals surface area contributed by atoms with Gasteiger partial charge in [0.2, 0.25) is 0 Å². The first kappa shape index (κ1) is 22.9. The van der Waals surface area contributed by atoms with Crippen LogP contribution in [-0.2, 0) is 20.9 Å². The van der Waals surface area contributed by atoms with E-state index in [1.54, 1.807) is 31.4 Å². The molecule has 3 atom stereocenters. The van der Waals surface area contributed by atoms with Gasteiger partial charge < -0.3 is 24.4 Å². The number of pyridine rings is 1. The molecule has 2 aliphatic heterocycles. The smallest absolute Gasteiger partial charge is 0.475 e. The zero-order chi connectivity index (χ0) is 21.6. The first-order valence-electron chi connectivity index (χ1n) is 9.01. The number of fused-ring (bicyclic) bond motifs is 1. The highest BCUT2D eigenvalue weighted by molar-refractivity contribution is 5.75. The van der Waals surface area contributed by atoms with Crippen LogP contribution < -0.4 is 0 Å². The summed E-state index contributed by atoms with van der Waals surface area (Å²) in [5.41, 5.74) is 1.03. The Kier molecular flexibility index (Phi) is 7.80. The minimum atomic E-state index is -5.08. The fourth-order valence-electron chi connectivity index (χ4n) is 3.22. The van der Waals surface area contributed by atoms with Gasteiger partial charge in [0, 0.05) is 33.1 Å². The predicted molar refractivity (Wildman–Crippen MR) is 95.1 cm³/mol. The zero-order valence-electron chi connectivity index (χ0n) is 16.1. The molecule has 162 valence electrons. The Balaban J connectivity index is 0.000000370. The number of carboxylic acids is 1. The molecule has 3 rings (SSSR count). The summed E-state index contributed by atoms with van der Waals surface area (Å²) >= 11 is 0. The molecule has 3 heterocycles. The second kappa shape index (κ2) is 9.88. The minimum Gasteiger partial charge on any atom is -0.475 e. The molecule has 0 spiro atoms. The van der Waals surface area contributed by atoms with Crippen molar-refractivity contribution >= 4 is 12.0 Å². The summed E-state index contributed by atoms with van der Waals surface area (Å²) in [5, 5.41) is 7.12. The number of amides is 2. The van der Waals surface area contributed by atoms with Gasteiger partial charge in [-0.15, -0.1) is 0 Å². The third kappa shape index (κ3) is 6.29.